The Morgan fingerprint density at radius 2 is 1.93 bits per heavy atom. The number of anilines is 1. The Kier molecular flexibility index (Phi) is 8.26. The summed E-state index contributed by atoms with van der Waals surface area (Å²) in [5.74, 6) is 0.0171. The zero-order valence-electron chi connectivity index (χ0n) is 16.8. The molecule has 0 spiro atoms. The molecule has 0 atom stereocenters. The Morgan fingerprint density at radius 1 is 1.18 bits per heavy atom. The van der Waals surface area contributed by atoms with Gasteiger partial charge in [0.1, 0.15) is 10.8 Å². The predicted octanol–water partition coefficient (Wildman–Crippen LogP) is 5.37. The van der Waals surface area contributed by atoms with Gasteiger partial charge in [-0.3, -0.25) is 4.79 Å². The average molecular weight is 402 g/mol. The highest BCUT2D eigenvalue weighted by Gasteiger charge is 2.21. The molecule has 0 saturated carbocycles. The van der Waals surface area contributed by atoms with Crippen LogP contribution in [0.1, 0.15) is 53.1 Å². The minimum atomic E-state index is -0.418. The molecule has 0 saturated heterocycles. The van der Waals surface area contributed by atoms with E-state index in [4.69, 9.17) is 9.47 Å². The standard InChI is InChI=1S/C22H27NO4S/c1-5-7-14-27-18-11-9-8-10-17(18)12-13-19(24)23-21-20(22(25)26-6-2)15(3)16(4)28-21/h8-13H,5-7,14H2,1-4H3,(H,23,24)/b13-12+. The number of hydrogen-bond donors (Lipinski definition) is 1. The van der Waals surface area contributed by atoms with E-state index in [1.54, 1.807) is 13.0 Å². The van der Waals surface area contributed by atoms with Crippen LogP contribution in [0.5, 0.6) is 5.75 Å². The number of hydrogen-bond acceptors (Lipinski definition) is 5. The molecule has 1 amide bonds. The van der Waals surface area contributed by atoms with Crippen LogP contribution in [0.2, 0.25) is 0 Å². The molecule has 1 N–H and O–H groups in total. The minimum Gasteiger partial charge on any atom is -0.493 e. The first-order chi connectivity index (χ1) is 13.5. The van der Waals surface area contributed by atoms with Crippen molar-refractivity contribution >= 4 is 34.3 Å². The summed E-state index contributed by atoms with van der Waals surface area (Å²) in [4.78, 5) is 25.6. The highest BCUT2D eigenvalue weighted by molar-refractivity contribution is 7.16. The highest BCUT2D eigenvalue weighted by atomic mass is 32.1. The van der Waals surface area contributed by atoms with Crippen LogP contribution < -0.4 is 10.1 Å². The summed E-state index contributed by atoms with van der Waals surface area (Å²) in [6.45, 7) is 8.57. The molecule has 5 nitrogen and oxygen atoms in total. The number of amides is 1. The molecule has 2 rings (SSSR count). The Morgan fingerprint density at radius 3 is 2.64 bits per heavy atom. The molecule has 0 aliphatic heterocycles. The number of esters is 1. The summed E-state index contributed by atoms with van der Waals surface area (Å²) >= 11 is 1.37. The third-order valence-electron chi connectivity index (χ3n) is 4.19. The van der Waals surface area contributed by atoms with Gasteiger partial charge in [-0.1, -0.05) is 31.5 Å². The van der Waals surface area contributed by atoms with Gasteiger partial charge in [-0.2, -0.15) is 0 Å². The maximum atomic E-state index is 12.4. The lowest BCUT2D eigenvalue weighted by Gasteiger charge is -2.08. The Balaban J connectivity index is 2.13. The lowest BCUT2D eigenvalue weighted by molar-refractivity contribution is -0.111. The van der Waals surface area contributed by atoms with E-state index in [0.29, 0.717) is 17.2 Å². The smallest absolute Gasteiger partial charge is 0.341 e. The van der Waals surface area contributed by atoms with Crippen molar-refractivity contribution in [3.63, 3.8) is 0 Å². The van der Waals surface area contributed by atoms with Gasteiger partial charge in [-0.05, 0) is 44.9 Å². The van der Waals surface area contributed by atoms with Gasteiger partial charge in [0.2, 0.25) is 5.91 Å². The van der Waals surface area contributed by atoms with E-state index < -0.39 is 5.97 Å². The van der Waals surface area contributed by atoms with Crippen molar-refractivity contribution in [2.75, 3.05) is 18.5 Å². The number of rotatable bonds is 9. The first-order valence-corrected chi connectivity index (χ1v) is 10.3. The number of unbranched alkanes of at least 4 members (excludes halogenated alkanes) is 1. The molecule has 0 radical (unpaired) electrons. The van der Waals surface area contributed by atoms with Crippen LogP contribution >= 0.6 is 11.3 Å². The van der Waals surface area contributed by atoms with Crippen molar-refractivity contribution in [1.82, 2.24) is 0 Å². The van der Waals surface area contributed by atoms with Crippen LogP contribution in [0, 0.1) is 13.8 Å². The zero-order chi connectivity index (χ0) is 20.5. The van der Waals surface area contributed by atoms with Gasteiger partial charge in [0.15, 0.2) is 0 Å². The Hall–Kier alpha value is -2.60. The van der Waals surface area contributed by atoms with Crippen molar-refractivity contribution in [3.05, 3.63) is 51.9 Å². The van der Waals surface area contributed by atoms with Gasteiger partial charge in [-0.15, -0.1) is 11.3 Å². The van der Waals surface area contributed by atoms with Crippen LogP contribution in [0.4, 0.5) is 5.00 Å². The Bertz CT molecular complexity index is 854. The molecule has 150 valence electrons. The monoisotopic (exact) mass is 401 g/mol. The van der Waals surface area contributed by atoms with Crippen LogP contribution in [0.25, 0.3) is 6.08 Å². The fraction of sp³-hybridized carbons (Fsp3) is 0.364. The minimum absolute atomic E-state index is 0.287. The number of aryl methyl sites for hydroxylation is 1. The third kappa shape index (κ3) is 5.70. The summed E-state index contributed by atoms with van der Waals surface area (Å²) in [6, 6.07) is 7.59. The maximum Gasteiger partial charge on any atom is 0.341 e. The fourth-order valence-corrected chi connectivity index (χ4v) is 3.61. The van der Waals surface area contributed by atoms with Crippen LogP contribution in [-0.2, 0) is 9.53 Å². The zero-order valence-corrected chi connectivity index (χ0v) is 17.7. The van der Waals surface area contributed by atoms with Gasteiger partial charge in [0.25, 0.3) is 0 Å². The molecule has 6 heteroatoms. The lowest BCUT2D eigenvalue weighted by Crippen LogP contribution is -2.12. The van der Waals surface area contributed by atoms with Crippen LogP contribution in [-0.4, -0.2) is 25.1 Å². The number of carbonyl (C=O) groups excluding carboxylic acids is 2. The lowest BCUT2D eigenvalue weighted by atomic mass is 10.1. The van der Waals surface area contributed by atoms with E-state index in [2.05, 4.69) is 12.2 Å². The van der Waals surface area contributed by atoms with E-state index in [1.807, 2.05) is 38.1 Å². The largest absolute Gasteiger partial charge is 0.493 e. The first-order valence-electron chi connectivity index (χ1n) is 9.45. The number of nitrogens with one attached hydrogen (secondary N) is 1. The summed E-state index contributed by atoms with van der Waals surface area (Å²) < 4.78 is 10.9. The van der Waals surface area contributed by atoms with Gasteiger partial charge in [0, 0.05) is 16.5 Å². The van der Waals surface area contributed by atoms with Crippen molar-refractivity contribution in [3.8, 4) is 5.75 Å². The molecule has 2 aromatic rings. The number of thiophene rings is 1. The first kappa shape index (κ1) is 21.7. The molecule has 0 aliphatic rings. The predicted molar refractivity (Wildman–Crippen MR) is 114 cm³/mol. The second-order valence-corrected chi connectivity index (χ2v) is 7.50. The van der Waals surface area contributed by atoms with E-state index in [0.717, 1.165) is 34.6 Å². The van der Waals surface area contributed by atoms with Crippen molar-refractivity contribution in [2.45, 2.75) is 40.5 Å². The number of para-hydroxylation sites is 1. The van der Waals surface area contributed by atoms with E-state index in [9.17, 15) is 9.59 Å². The van der Waals surface area contributed by atoms with Crippen LogP contribution in [0.15, 0.2) is 30.3 Å². The van der Waals surface area contributed by atoms with Gasteiger partial charge >= 0.3 is 5.97 Å². The third-order valence-corrected chi connectivity index (χ3v) is 5.31. The summed E-state index contributed by atoms with van der Waals surface area (Å²) in [6.07, 6.45) is 5.20. The quantitative estimate of drug-likeness (QED) is 0.348. The molecule has 28 heavy (non-hydrogen) atoms. The molecular formula is C22H27NO4S. The summed E-state index contributed by atoms with van der Waals surface area (Å²) in [5.41, 5.74) is 2.09. The van der Waals surface area contributed by atoms with Gasteiger partial charge < -0.3 is 14.8 Å². The second-order valence-electron chi connectivity index (χ2n) is 6.27. The molecular weight excluding hydrogens is 374 g/mol. The SMILES string of the molecule is CCCCOc1ccccc1/C=C/C(=O)Nc1sc(C)c(C)c1C(=O)OCC. The van der Waals surface area contributed by atoms with Crippen LogP contribution in [0.3, 0.4) is 0 Å². The number of carbonyl (C=O) groups is 2. The molecule has 1 aromatic heterocycles. The van der Waals surface area contributed by atoms with Gasteiger partial charge in [-0.25, -0.2) is 4.79 Å². The van der Waals surface area contributed by atoms with Crippen molar-refractivity contribution < 1.29 is 19.1 Å². The Labute approximate surface area is 170 Å². The van der Waals surface area contributed by atoms with E-state index in [-0.39, 0.29) is 12.5 Å². The molecule has 0 aliphatic carbocycles. The van der Waals surface area contributed by atoms with Gasteiger partial charge in [0.05, 0.1) is 18.8 Å². The molecule has 1 heterocycles. The van der Waals surface area contributed by atoms with E-state index in [1.165, 1.54) is 17.4 Å². The van der Waals surface area contributed by atoms with Crippen molar-refractivity contribution in [2.24, 2.45) is 0 Å². The number of ether oxygens (including phenoxy) is 2. The summed E-state index contributed by atoms with van der Waals surface area (Å²) in [7, 11) is 0. The fourth-order valence-electron chi connectivity index (χ4n) is 2.56. The van der Waals surface area contributed by atoms with E-state index >= 15 is 0 Å². The van der Waals surface area contributed by atoms with Crippen molar-refractivity contribution in [1.29, 1.82) is 0 Å². The highest BCUT2D eigenvalue weighted by Crippen LogP contribution is 2.33. The maximum absolute atomic E-state index is 12.4. The molecule has 0 bridgehead atoms. The summed E-state index contributed by atoms with van der Waals surface area (Å²) in [5, 5.41) is 3.31. The molecule has 1 aromatic carbocycles. The normalized spacial score (nSPS) is 10.9. The molecule has 0 unspecified atom stereocenters. The number of benzene rings is 1. The molecule has 0 fully saturated rings. The second kappa shape index (κ2) is 10.7. The topological polar surface area (TPSA) is 64.6 Å². The average Bonchev–Trinajstić information content (AvgIpc) is 2.94.